The highest BCUT2D eigenvalue weighted by atomic mass is 16.2. The third-order valence-electron chi connectivity index (χ3n) is 5.06. The summed E-state index contributed by atoms with van der Waals surface area (Å²) in [5.41, 5.74) is 3.65. The molecule has 1 fully saturated rings. The van der Waals surface area contributed by atoms with Crippen molar-refractivity contribution in [2.75, 3.05) is 19.6 Å². The zero-order chi connectivity index (χ0) is 18.8. The molecule has 1 amide bonds. The minimum Gasteiger partial charge on any atom is -0.335 e. The van der Waals surface area contributed by atoms with Gasteiger partial charge in [-0.05, 0) is 30.2 Å². The molecule has 1 saturated heterocycles. The average Bonchev–Trinajstić information content (AvgIpc) is 3.11. The Balaban J connectivity index is 1.51. The third-order valence-corrected chi connectivity index (χ3v) is 5.06. The number of carbonyl (C=O) groups is 1. The van der Waals surface area contributed by atoms with E-state index in [1.54, 1.807) is 15.6 Å². The molecule has 0 bridgehead atoms. The van der Waals surface area contributed by atoms with Crippen molar-refractivity contribution < 1.29 is 4.79 Å². The van der Waals surface area contributed by atoms with E-state index in [0.717, 1.165) is 17.6 Å². The fourth-order valence-corrected chi connectivity index (χ4v) is 3.56. The van der Waals surface area contributed by atoms with Crippen LogP contribution in [-0.4, -0.2) is 51.0 Å². The first kappa shape index (κ1) is 17.3. The van der Waals surface area contributed by atoms with Gasteiger partial charge in [-0.15, -0.1) is 0 Å². The van der Waals surface area contributed by atoms with Crippen LogP contribution in [0.1, 0.15) is 21.5 Å². The average molecular weight is 359 g/mol. The van der Waals surface area contributed by atoms with Crippen LogP contribution in [-0.2, 0) is 6.54 Å². The number of aryl methyl sites for hydroxylation is 1. The number of fused-ring (bicyclic) bond motifs is 1. The number of nitrogens with zero attached hydrogens (tertiary/aromatic N) is 5. The van der Waals surface area contributed by atoms with Gasteiger partial charge in [0.25, 0.3) is 5.91 Å². The number of piperazine rings is 1. The van der Waals surface area contributed by atoms with Crippen molar-refractivity contribution in [3.05, 3.63) is 71.5 Å². The molecule has 1 atom stereocenters. The Labute approximate surface area is 158 Å². The highest BCUT2D eigenvalue weighted by molar-refractivity contribution is 6.00. The van der Waals surface area contributed by atoms with Crippen LogP contribution in [0.25, 0.3) is 5.52 Å². The van der Waals surface area contributed by atoms with Gasteiger partial charge in [0.2, 0.25) is 0 Å². The molecule has 2 aromatic heterocycles. The number of nitriles is 1. The number of hydrogen-bond donors (Lipinski definition) is 0. The Morgan fingerprint density at radius 1 is 1.26 bits per heavy atom. The van der Waals surface area contributed by atoms with Crippen LogP contribution in [0.3, 0.4) is 0 Å². The van der Waals surface area contributed by atoms with Crippen molar-refractivity contribution in [2.45, 2.75) is 19.5 Å². The zero-order valence-corrected chi connectivity index (χ0v) is 15.2. The van der Waals surface area contributed by atoms with Gasteiger partial charge < -0.3 is 4.90 Å². The molecule has 0 N–H and O–H groups in total. The number of pyridine rings is 1. The molecule has 1 aliphatic rings. The van der Waals surface area contributed by atoms with Gasteiger partial charge in [-0.1, -0.05) is 30.3 Å². The van der Waals surface area contributed by atoms with Crippen LogP contribution in [0.5, 0.6) is 0 Å². The molecule has 0 radical (unpaired) electrons. The molecule has 0 aliphatic carbocycles. The molecule has 1 aromatic carbocycles. The highest BCUT2D eigenvalue weighted by Crippen LogP contribution is 2.19. The molecule has 0 saturated carbocycles. The predicted molar refractivity (Wildman–Crippen MR) is 102 cm³/mol. The van der Waals surface area contributed by atoms with Crippen molar-refractivity contribution in [1.29, 1.82) is 5.26 Å². The van der Waals surface area contributed by atoms with Crippen molar-refractivity contribution in [3.8, 4) is 6.07 Å². The van der Waals surface area contributed by atoms with Gasteiger partial charge in [0.15, 0.2) is 0 Å². The van der Waals surface area contributed by atoms with E-state index in [1.165, 1.54) is 5.56 Å². The van der Waals surface area contributed by atoms with E-state index in [4.69, 9.17) is 0 Å². The molecule has 27 heavy (non-hydrogen) atoms. The van der Waals surface area contributed by atoms with Gasteiger partial charge in [-0.2, -0.15) is 10.4 Å². The van der Waals surface area contributed by atoms with E-state index < -0.39 is 0 Å². The quantitative estimate of drug-likeness (QED) is 0.721. The number of hydrogen-bond acceptors (Lipinski definition) is 4. The van der Waals surface area contributed by atoms with Gasteiger partial charge in [0.1, 0.15) is 6.04 Å². The van der Waals surface area contributed by atoms with Gasteiger partial charge in [0, 0.05) is 32.4 Å². The fraction of sp³-hybridized carbons (Fsp3) is 0.286. The van der Waals surface area contributed by atoms with E-state index in [9.17, 15) is 10.1 Å². The summed E-state index contributed by atoms with van der Waals surface area (Å²) in [6, 6.07) is 16.1. The van der Waals surface area contributed by atoms with Crippen LogP contribution in [0.4, 0.5) is 0 Å². The fourth-order valence-electron chi connectivity index (χ4n) is 3.56. The number of amides is 1. The summed E-state index contributed by atoms with van der Waals surface area (Å²) < 4.78 is 1.72. The third kappa shape index (κ3) is 3.42. The molecule has 3 heterocycles. The summed E-state index contributed by atoms with van der Waals surface area (Å²) in [4.78, 5) is 17.0. The molecular weight excluding hydrogens is 338 g/mol. The van der Waals surface area contributed by atoms with E-state index >= 15 is 0 Å². The summed E-state index contributed by atoms with van der Waals surface area (Å²) in [7, 11) is 0. The lowest BCUT2D eigenvalue weighted by Crippen LogP contribution is -2.53. The predicted octanol–water partition coefficient (Wildman–Crippen LogP) is 2.49. The van der Waals surface area contributed by atoms with E-state index in [2.05, 4.69) is 28.2 Å². The maximum atomic E-state index is 13.1. The topological polar surface area (TPSA) is 64.6 Å². The Morgan fingerprint density at radius 2 is 2.07 bits per heavy atom. The van der Waals surface area contributed by atoms with E-state index in [0.29, 0.717) is 25.2 Å². The van der Waals surface area contributed by atoms with E-state index in [-0.39, 0.29) is 11.9 Å². The molecule has 0 spiro atoms. The maximum Gasteiger partial charge on any atom is 0.257 e. The van der Waals surface area contributed by atoms with Gasteiger partial charge in [-0.3, -0.25) is 9.69 Å². The summed E-state index contributed by atoms with van der Waals surface area (Å²) >= 11 is 0. The minimum atomic E-state index is -0.313. The Hall–Kier alpha value is -3.17. The zero-order valence-electron chi connectivity index (χ0n) is 15.2. The standard InChI is InChI=1S/C21H21N5O/c1-16-7-8-26-20(11-16)19(13-23-26)21(27)25-10-9-24(18(12-22)15-25)14-17-5-3-2-4-6-17/h2-8,11,13,18H,9-10,14-15H2,1H3. The van der Waals surface area contributed by atoms with Crippen LogP contribution in [0, 0.1) is 18.3 Å². The first-order chi connectivity index (χ1) is 13.2. The van der Waals surface area contributed by atoms with Gasteiger partial charge >= 0.3 is 0 Å². The summed E-state index contributed by atoms with van der Waals surface area (Å²) in [6.45, 7) is 4.40. The molecule has 1 unspecified atom stereocenters. The smallest absolute Gasteiger partial charge is 0.257 e. The maximum absolute atomic E-state index is 13.1. The largest absolute Gasteiger partial charge is 0.335 e. The minimum absolute atomic E-state index is 0.0600. The first-order valence-electron chi connectivity index (χ1n) is 9.06. The molecule has 6 nitrogen and oxygen atoms in total. The Kier molecular flexibility index (Phi) is 4.61. The molecule has 136 valence electrons. The second kappa shape index (κ2) is 7.22. The van der Waals surface area contributed by atoms with Crippen LogP contribution in [0.15, 0.2) is 54.9 Å². The lowest BCUT2D eigenvalue weighted by atomic mass is 10.1. The first-order valence-corrected chi connectivity index (χ1v) is 9.06. The SMILES string of the molecule is Cc1ccn2ncc(C(=O)N3CCN(Cc4ccccc4)C(C#N)C3)c2c1. The lowest BCUT2D eigenvalue weighted by molar-refractivity contribution is 0.0554. The summed E-state index contributed by atoms with van der Waals surface area (Å²) in [6.07, 6.45) is 3.48. The van der Waals surface area contributed by atoms with Crippen LogP contribution < -0.4 is 0 Å². The van der Waals surface area contributed by atoms with Crippen LogP contribution in [0.2, 0.25) is 0 Å². The Morgan fingerprint density at radius 3 is 2.85 bits per heavy atom. The molecule has 6 heteroatoms. The van der Waals surface area contributed by atoms with Crippen molar-refractivity contribution in [2.24, 2.45) is 0 Å². The van der Waals surface area contributed by atoms with Crippen LogP contribution >= 0.6 is 0 Å². The number of rotatable bonds is 3. The van der Waals surface area contributed by atoms with Crippen molar-refractivity contribution in [3.63, 3.8) is 0 Å². The second-order valence-electron chi connectivity index (χ2n) is 6.94. The summed E-state index contributed by atoms with van der Waals surface area (Å²) in [5, 5.41) is 13.9. The highest BCUT2D eigenvalue weighted by Gasteiger charge is 2.31. The van der Waals surface area contributed by atoms with Crippen molar-refractivity contribution in [1.82, 2.24) is 19.4 Å². The number of benzene rings is 1. The molecule has 3 aromatic rings. The number of carbonyl (C=O) groups excluding carboxylic acids is 1. The molecule has 1 aliphatic heterocycles. The van der Waals surface area contributed by atoms with Gasteiger partial charge in [0.05, 0.1) is 23.3 Å². The monoisotopic (exact) mass is 359 g/mol. The Bertz CT molecular complexity index is 1000. The van der Waals surface area contributed by atoms with E-state index in [1.807, 2.05) is 43.5 Å². The normalized spacial score (nSPS) is 17.8. The molecule has 4 rings (SSSR count). The van der Waals surface area contributed by atoms with Gasteiger partial charge in [-0.25, -0.2) is 4.52 Å². The second-order valence-corrected chi connectivity index (χ2v) is 6.94. The summed E-state index contributed by atoms with van der Waals surface area (Å²) in [5.74, 6) is -0.0600. The lowest BCUT2D eigenvalue weighted by Gasteiger charge is -2.38. The number of aromatic nitrogens is 2. The molecular formula is C21H21N5O. The van der Waals surface area contributed by atoms with Crippen molar-refractivity contribution >= 4 is 11.4 Å².